The van der Waals surface area contributed by atoms with Crippen molar-refractivity contribution in [3.05, 3.63) is 23.5 Å². The number of amides is 1. The largest absolute Gasteiger partial charge is 0.424 e. The number of likely N-dealkylation sites (tertiary alicyclic amines) is 1. The lowest BCUT2D eigenvalue weighted by atomic mass is 10.2. The third kappa shape index (κ3) is 2.96. The highest BCUT2D eigenvalue weighted by Crippen LogP contribution is 2.17. The third-order valence-electron chi connectivity index (χ3n) is 3.04. The predicted octanol–water partition coefficient (Wildman–Crippen LogP) is 1.78. The average Bonchev–Trinajstić information content (AvgIpc) is 2.82. The van der Waals surface area contributed by atoms with Gasteiger partial charge in [0.1, 0.15) is 5.76 Å². The maximum absolute atomic E-state index is 11.3. The highest BCUT2D eigenvalue weighted by molar-refractivity contribution is 5.92. The van der Waals surface area contributed by atoms with E-state index in [2.05, 4.69) is 0 Å². The second-order valence-electron chi connectivity index (χ2n) is 4.45. The summed E-state index contributed by atoms with van der Waals surface area (Å²) in [5.41, 5.74) is 0.644. The number of ether oxygens (including phenoxy) is 1. The Bertz CT molecular complexity index is 395. The van der Waals surface area contributed by atoms with Gasteiger partial charge in [-0.15, -0.1) is 0 Å². The van der Waals surface area contributed by atoms with Crippen LogP contribution in [0.4, 0.5) is 0 Å². The van der Waals surface area contributed by atoms with E-state index in [9.17, 15) is 9.59 Å². The predicted molar refractivity (Wildman–Crippen MR) is 63.0 cm³/mol. The van der Waals surface area contributed by atoms with Crippen molar-refractivity contribution in [1.82, 2.24) is 4.90 Å². The highest BCUT2D eigenvalue weighted by atomic mass is 16.5. The molecular formula is C13H17NO3. The molecule has 0 saturated carbocycles. The lowest BCUT2D eigenvalue weighted by Gasteiger charge is -2.14. The van der Waals surface area contributed by atoms with E-state index in [-0.39, 0.29) is 11.9 Å². The van der Waals surface area contributed by atoms with Crippen LogP contribution in [-0.2, 0) is 14.3 Å². The Labute approximate surface area is 101 Å². The van der Waals surface area contributed by atoms with Crippen molar-refractivity contribution in [1.29, 1.82) is 0 Å². The van der Waals surface area contributed by atoms with Gasteiger partial charge in [-0.3, -0.25) is 4.79 Å². The molecule has 0 spiro atoms. The zero-order valence-corrected chi connectivity index (χ0v) is 10.1. The summed E-state index contributed by atoms with van der Waals surface area (Å²) in [6.45, 7) is 3.44. The lowest BCUT2D eigenvalue weighted by Crippen LogP contribution is -2.25. The van der Waals surface area contributed by atoms with E-state index in [4.69, 9.17) is 4.74 Å². The summed E-state index contributed by atoms with van der Waals surface area (Å²) in [7, 11) is 0. The average molecular weight is 235 g/mol. The Hall–Kier alpha value is -1.58. The first-order valence-corrected chi connectivity index (χ1v) is 6.05. The van der Waals surface area contributed by atoms with Gasteiger partial charge in [-0.2, -0.15) is 0 Å². The number of esters is 1. The molecule has 2 aliphatic heterocycles. The second kappa shape index (κ2) is 5.17. The topological polar surface area (TPSA) is 46.6 Å². The maximum atomic E-state index is 11.3. The van der Waals surface area contributed by atoms with Crippen LogP contribution in [0.1, 0.15) is 32.6 Å². The van der Waals surface area contributed by atoms with Gasteiger partial charge in [0.2, 0.25) is 5.91 Å². The van der Waals surface area contributed by atoms with Crippen molar-refractivity contribution in [3.8, 4) is 0 Å². The monoisotopic (exact) mass is 235 g/mol. The lowest BCUT2D eigenvalue weighted by molar-refractivity contribution is -0.133. The van der Waals surface area contributed by atoms with Crippen LogP contribution in [0.3, 0.4) is 0 Å². The molecule has 0 bridgehead atoms. The quantitative estimate of drug-likeness (QED) is 0.551. The SMILES string of the molecule is CC1=C/C(=C/CCCN2CCCC2=O)OC1=O. The molecule has 2 heterocycles. The molecule has 4 heteroatoms. The van der Waals surface area contributed by atoms with Gasteiger partial charge < -0.3 is 9.64 Å². The first kappa shape index (κ1) is 11.9. The second-order valence-corrected chi connectivity index (χ2v) is 4.45. The van der Waals surface area contributed by atoms with E-state index in [0.717, 1.165) is 32.4 Å². The molecule has 4 nitrogen and oxygen atoms in total. The molecule has 0 atom stereocenters. The molecule has 17 heavy (non-hydrogen) atoms. The van der Waals surface area contributed by atoms with Gasteiger partial charge in [0.15, 0.2) is 0 Å². The first-order chi connectivity index (χ1) is 8.16. The number of carbonyl (C=O) groups is 2. The van der Waals surface area contributed by atoms with Gasteiger partial charge in [-0.05, 0) is 38.3 Å². The van der Waals surface area contributed by atoms with Gasteiger partial charge in [-0.25, -0.2) is 4.79 Å². The minimum atomic E-state index is -0.258. The van der Waals surface area contributed by atoms with E-state index in [0.29, 0.717) is 17.8 Å². The summed E-state index contributed by atoms with van der Waals surface area (Å²) >= 11 is 0. The number of allylic oxidation sites excluding steroid dienone is 2. The standard InChI is InChI=1S/C13H17NO3/c1-10-9-11(17-13(10)16)5-2-3-7-14-8-4-6-12(14)15/h5,9H,2-4,6-8H2,1H3/b11-5-. The minimum Gasteiger partial charge on any atom is -0.424 e. The van der Waals surface area contributed by atoms with E-state index in [1.807, 2.05) is 11.0 Å². The van der Waals surface area contributed by atoms with Crippen molar-refractivity contribution < 1.29 is 14.3 Å². The van der Waals surface area contributed by atoms with Gasteiger partial charge in [0, 0.05) is 25.1 Å². The number of carbonyl (C=O) groups excluding carboxylic acids is 2. The maximum Gasteiger partial charge on any atom is 0.339 e. The van der Waals surface area contributed by atoms with Crippen LogP contribution in [0.15, 0.2) is 23.5 Å². The van der Waals surface area contributed by atoms with Crippen molar-refractivity contribution in [3.63, 3.8) is 0 Å². The molecule has 1 fully saturated rings. The van der Waals surface area contributed by atoms with Crippen LogP contribution in [0.25, 0.3) is 0 Å². The van der Waals surface area contributed by atoms with E-state index < -0.39 is 0 Å². The van der Waals surface area contributed by atoms with Gasteiger partial charge >= 0.3 is 5.97 Å². The normalized spacial score (nSPS) is 22.3. The van der Waals surface area contributed by atoms with Crippen molar-refractivity contribution in [2.45, 2.75) is 32.6 Å². The minimum absolute atomic E-state index is 0.258. The molecule has 0 aromatic rings. The molecule has 0 N–H and O–H groups in total. The fourth-order valence-corrected chi connectivity index (χ4v) is 2.06. The summed E-state index contributed by atoms with van der Waals surface area (Å²) in [6.07, 6.45) is 7.09. The Kier molecular flexibility index (Phi) is 3.61. The molecule has 0 aromatic heterocycles. The van der Waals surface area contributed by atoms with Crippen LogP contribution >= 0.6 is 0 Å². The van der Waals surface area contributed by atoms with Gasteiger partial charge in [0.25, 0.3) is 0 Å². The molecule has 0 unspecified atom stereocenters. The van der Waals surface area contributed by atoms with Gasteiger partial charge in [0.05, 0.1) is 0 Å². The van der Waals surface area contributed by atoms with Crippen LogP contribution in [-0.4, -0.2) is 29.9 Å². The third-order valence-corrected chi connectivity index (χ3v) is 3.04. The number of hydrogen-bond acceptors (Lipinski definition) is 3. The van der Waals surface area contributed by atoms with Crippen molar-refractivity contribution in [2.75, 3.05) is 13.1 Å². The van der Waals surface area contributed by atoms with Crippen LogP contribution in [0.5, 0.6) is 0 Å². The van der Waals surface area contributed by atoms with Crippen molar-refractivity contribution >= 4 is 11.9 Å². The van der Waals surface area contributed by atoms with E-state index in [1.54, 1.807) is 13.0 Å². The Morgan fingerprint density at radius 2 is 2.29 bits per heavy atom. The molecule has 2 aliphatic rings. The Morgan fingerprint density at radius 1 is 1.47 bits per heavy atom. The highest BCUT2D eigenvalue weighted by Gasteiger charge is 2.19. The number of hydrogen-bond donors (Lipinski definition) is 0. The molecule has 0 radical (unpaired) electrons. The summed E-state index contributed by atoms with van der Waals surface area (Å²) in [5.74, 6) is 0.645. The number of unbranched alkanes of at least 4 members (excludes halogenated alkanes) is 1. The smallest absolute Gasteiger partial charge is 0.339 e. The Balaban J connectivity index is 1.71. The number of nitrogens with zero attached hydrogens (tertiary/aromatic N) is 1. The van der Waals surface area contributed by atoms with Crippen LogP contribution in [0.2, 0.25) is 0 Å². The summed E-state index contributed by atoms with van der Waals surface area (Å²) < 4.78 is 5.02. The molecule has 0 aromatic carbocycles. The molecule has 2 rings (SSSR count). The summed E-state index contributed by atoms with van der Waals surface area (Å²) in [5, 5.41) is 0. The Morgan fingerprint density at radius 3 is 2.88 bits per heavy atom. The molecule has 1 amide bonds. The van der Waals surface area contributed by atoms with E-state index >= 15 is 0 Å². The zero-order chi connectivity index (χ0) is 12.3. The molecule has 1 saturated heterocycles. The summed E-state index contributed by atoms with van der Waals surface area (Å²) in [4.78, 5) is 24.3. The molecule has 92 valence electrons. The molecular weight excluding hydrogens is 218 g/mol. The van der Waals surface area contributed by atoms with E-state index in [1.165, 1.54) is 0 Å². The first-order valence-electron chi connectivity index (χ1n) is 6.05. The van der Waals surface area contributed by atoms with Crippen molar-refractivity contribution in [2.24, 2.45) is 0 Å². The fourth-order valence-electron chi connectivity index (χ4n) is 2.06. The zero-order valence-electron chi connectivity index (χ0n) is 10.1. The fraction of sp³-hybridized carbons (Fsp3) is 0.538. The summed E-state index contributed by atoms with van der Waals surface area (Å²) in [6, 6.07) is 0. The number of cyclic esters (lactones) is 1. The van der Waals surface area contributed by atoms with Crippen LogP contribution in [0, 0.1) is 0 Å². The van der Waals surface area contributed by atoms with Gasteiger partial charge in [-0.1, -0.05) is 0 Å². The molecule has 0 aliphatic carbocycles. The van der Waals surface area contributed by atoms with Crippen LogP contribution < -0.4 is 0 Å². The number of rotatable bonds is 4.